The highest BCUT2D eigenvalue weighted by Gasteiger charge is 2.31. The molecule has 1 unspecified atom stereocenters. The Morgan fingerprint density at radius 1 is 1.09 bits per heavy atom. The van der Waals surface area contributed by atoms with Crippen LogP contribution in [0.5, 0.6) is 0 Å². The molecule has 5 rings (SSSR count). The van der Waals surface area contributed by atoms with Gasteiger partial charge in [0.2, 0.25) is 0 Å². The minimum atomic E-state index is 0.252. The van der Waals surface area contributed by atoms with E-state index in [2.05, 4.69) is 61.4 Å². The summed E-state index contributed by atoms with van der Waals surface area (Å²) in [7, 11) is 1.90. The van der Waals surface area contributed by atoms with Crippen LogP contribution in [0.4, 0.5) is 11.5 Å². The molecule has 1 aliphatic heterocycles. The lowest BCUT2D eigenvalue weighted by atomic mass is 10.00. The molecule has 174 valence electrons. The van der Waals surface area contributed by atoms with Crippen LogP contribution < -0.4 is 10.2 Å². The predicted molar refractivity (Wildman–Crippen MR) is 140 cm³/mol. The molecule has 4 heterocycles. The molecule has 1 saturated heterocycles. The summed E-state index contributed by atoms with van der Waals surface area (Å²) in [5, 5.41) is 18.5. The molecule has 1 N–H and O–H groups in total. The molecule has 3 aromatic heterocycles. The highest BCUT2D eigenvalue weighted by Crippen LogP contribution is 2.26. The number of aryl methyl sites for hydroxylation is 1. The van der Waals surface area contributed by atoms with Crippen LogP contribution in [-0.2, 0) is 7.05 Å². The maximum absolute atomic E-state index is 5.88. The standard InChI is InChI=1S/C25H28N8S/c1-17(2)23-16-32(24-10-9-20(29-30-24)18-14-27-31(3)15-18)12-13-33(23)25(34)28-22-8-4-7-21-19(22)6-5-11-26-21/h4-11,14-15,17,23H,12-13,16H2,1-3H3,(H,28,34). The van der Waals surface area contributed by atoms with Gasteiger partial charge in [0.1, 0.15) is 0 Å². The van der Waals surface area contributed by atoms with Crippen LogP contribution in [0.2, 0.25) is 0 Å². The molecule has 0 saturated carbocycles. The summed E-state index contributed by atoms with van der Waals surface area (Å²) < 4.78 is 1.77. The van der Waals surface area contributed by atoms with Crippen molar-refractivity contribution in [2.45, 2.75) is 19.9 Å². The van der Waals surface area contributed by atoms with Gasteiger partial charge in [-0.1, -0.05) is 19.9 Å². The number of hydrogen-bond donors (Lipinski definition) is 1. The molecular formula is C25H28N8S. The Morgan fingerprint density at radius 2 is 1.97 bits per heavy atom. The maximum Gasteiger partial charge on any atom is 0.173 e. The fraction of sp³-hybridized carbons (Fsp3) is 0.320. The Morgan fingerprint density at radius 3 is 2.71 bits per heavy atom. The molecule has 0 bridgehead atoms. The first-order valence-corrected chi connectivity index (χ1v) is 11.9. The number of fused-ring (bicyclic) bond motifs is 1. The van der Waals surface area contributed by atoms with E-state index in [0.717, 1.165) is 58.4 Å². The lowest BCUT2D eigenvalue weighted by molar-refractivity contribution is 0.227. The Kier molecular flexibility index (Phi) is 6.10. The lowest BCUT2D eigenvalue weighted by Crippen LogP contribution is -2.58. The molecule has 0 radical (unpaired) electrons. The zero-order valence-electron chi connectivity index (χ0n) is 19.6. The largest absolute Gasteiger partial charge is 0.351 e. The fourth-order valence-corrected chi connectivity index (χ4v) is 4.78. The van der Waals surface area contributed by atoms with Crippen molar-refractivity contribution in [3.8, 4) is 11.3 Å². The molecule has 0 amide bonds. The molecule has 1 aliphatic rings. The van der Waals surface area contributed by atoms with Crippen LogP contribution in [0.25, 0.3) is 22.2 Å². The molecule has 8 nitrogen and oxygen atoms in total. The second-order valence-electron chi connectivity index (χ2n) is 8.94. The van der Waals surface area contributed by atoms with Gasteiger partial charge in [-0.05, 0) is 54.5 Å². The van der Waals surface area contributed by atoms with Gasteiger partial charge in [-0.2, -0.15) is 5.10 Å². The SMILES string of the molecule is CC(C)C1CN(c2ccc(-c3cnn(C)c3)nn2)CCN1C(=S)Nc1cccc2ncccc12. The zero-order chi connectivity index (χ0) is 23.7. The number of anilines is 2. The molecule has 4 aromatic rings. The first-order chi connectivity index (χ1) is 16.5. The fourth-order valence-electron chi connectivity index (χ4n) is 4.44. The number of pyridine rings is 1. The van der Waals surface area contributed by atoms with Gasteiger partial charge in [0.25, 0.3) is 0 Å². The van der Waals surface area contributed by atoms with E-state index in [-0.39, 0.29) is 6.04 Å². The monoisotopic (exact) mass is 472 g/mol. The van der Waals surface area contributed by atoms with Gasteiger partial charge in [0.15, 0.2) is 10.9 Å². The smallest absolute Gasteiger partial charge is 0.173 e. The van der Waals surface area contributed by atoms with E-state index < -0.39 is 0 Å². The van der Waals surface area contributed by atoms with Crippen molar-refractivity contribution in [2.75, 3.05) is 29.9 Å². The Bertz CT molecular complexity index is 1290. The number of nitrogens with one attached hydrogen (secondary N) is 1. The summed E-state index contributed by atoms with van der Waals surface area (Å²) in [6, 6.07) is 14.4. The highest BCUT2D eigenvalue weighted by atomic mass is 32.1. The van der Waals surface area contributed by atoms with Gasteiger partial charge in [-0.15, -0.1) is 10.2 Å². The average molecular weight is 473 g/mol. The highest BCUT2D eigenvalue weighted by molar-refractivity contribution is 7.80. The first-order valence-electron chi connectivity index (χ1n) is 11.5. The minimum Gasteiger partial charge on any atom is -0.351 e. The van der Waals surface area contributed by atoms with E-state index in [1.165, 1.54) is 0 Å². The average Bonchev–Trinajstić information content (AvgIpc) is 3.30. The Labute approximate surface area is 204 Å². The number of benzene rings is 1. The summed E-state index contributed by atoms with van der Waals surface area (Å²) in [4.78, 5) is 9.06. The van der Waals surface area contributed by atoms with Crippen LogP contribution in [-0.4, -0.2) is 60.7 Å². The Balaban J connectivity index is 1.31. The van der Waals surface area contributed by atoms with E-state index in [0.29, 0.717) is 5.92 Å². The summed E-state index contributed by atoms with van der Waals surface area (Å²) >= 11 is 5.88. The lowest BCUT2D eigenvalue weighted by Gasteiger charge is -2.45. The third-order valence-corrected chi connectivity index (χ3v) is 6.65. The van der Waals surface area contributed by atoms with Crippen molar-refractivity contribution in [1.82, 2.24) is 29.9 Å². The van der Waals surface area contributed by atoms with E-state index in [9.17, 15) is 0 Å². The summed E-state index contributed by atoms with van der Waals surface area (Å²) in [5.41, 5.74) is 3.73. The molecule has 1 fully saturated rings. The van der Waals surface area contributed by atoms with Crippen molar-refractivity contribution in [3.63, 3.8) is 0 Å². The zero-order valence-corrected chi connectivity index (χ0v) is 20.4. The molecule has 0 spiro atoms. The predicted octanol–water partition coefficient (Wildman–Crippen LogP) is 3.97. The first kappa shape index (κ1) is 22.2. The quantitative estimate of drug-likeness (QED) is 0.447. The van der Waals surface area contributed by atoms with Crippen LogP contribution in [0.3, 0.4) is 0 Å². The van der Waals surface area contributed by atoms with Gasteiger partial charge in [-0.25, -0.2) is 0 Å². The normalized spacial score (nSPS) is 16.3. The van der Waals surface area contributed by atoms with Crippen LogP contribution in [0.15, 0.2) is 61.1 Å². The molecule has 9 heteroatoms. The second-order valence-corrected chi connectivity index (χ2v) is 9.32. The van der Waals surface area contributed by atoms with Crippen LogP contribution in [0, 0.1) is 5.92 Å². The summed E-state index contributed by atoms with van der Waals surface area (Å²) in [6.07, 6.45) is 5.55. The topological polar surface area (TPSA) is 75.0 Å². The van der Waals surface area contributed by atoms with E-state index in [1.54, 1.807) is 10.9 Å². The van der Waals surface area contributed by atoms with Crippen molar-refractivity contribution >= 4 is 39.7 Å². The van der Waals surface area contributed by atoms with E-state index in [4.69, 9.17) is 12.2 Å². The summed E-state index contributed by atoms with van der Waals surface area (Å²) in [6.45, 7) is 6.94. The number of aromatic nitrogens is 5. The molecule has 34 heavy (non-hydrogen) atoms. The number of nitrogens with zero attached hydrogens (tertiary/aromatic N) is 7. The Hall–Kier alpha value is -3.59. The number of rotatable bonds is 4. The maximum atomic E-state index is 5.88. The van der Waals surface area contributed by atoms with E-state index in [1.807, 2.05) is 49.8 Å². The van der Waals surface area contributed by atoms with Gasteiger partial charge in [0.05, 0.1) is 23.4 Å². The molecule has 0 aliphatic carbocycles. The number of thiocarbonyl (C=S) groups is 1. The molecule has 1 aromatic carbocycles. The second kappa shape index (κ2) is 9.34. The summed E-state index contributed by atoms with van der Waals surface area (Å²) in [5.74, 6) is 1.30. The number of hydrogen-bond acceptors (Lipinski definition) is 6. The van der Waals surface area contributed by atoms with E-state index >= 15 is 0 Å². The van der Waals surface area contributed by atoms with Gasteiger partial charge in [0, 0.05) is 55.7 Å². The molecule has 1 atom stereocenters. The van der Waals surface area contributed by atoms with Crippen molar-refractivity contribution < 1.29 is 0 Å². The van der Waals surface area contributed by atoms with Gasteiger partial charge >= 0.3 is 0 Å². The third kappa shape index (κ3) is 4.43. The van der Waals surface area contributed by atoms with Crippen LogP contribution >= 0.6 is 12.2 Å². The van der Waals surface area contributed by atoms with Gasteiger partial charge in [-0.3, -0.25) is 9.67 Å². The van der Waals surface area contributed by atoms with Crippen molar-refractivity contribution in [3.05, 3.63) is 61.1 Å². The number of piperazine rings is 1. The van der Waals surface area contributed by atoms with Crippen molar-refractivity contribution in [1.29, 1.82) is 0 Å². The van der Waals surface area contributed by atoms with Crippen LogP contribution in [0.1, 0.15) is 13.8 Å². The van der Waals surface area contributed by atoms with Gasteiger partial charge < -0.3 is 15.1 Å². The minimum absolute atomic E-state index is 0.252. The molecular weight excluding hydrogens is 444 g/mol. The van der Waals surface area contributed by atoms with Crippen molar-refractivity contribution in [2.24, 2.45) is 13.0 Å². The third-order valence-electron chi connectivity index (χ3n) is 6.31.